The molecule has 1 saturated heterocycles. The van der Waals surface area contributed by atoms with Crippen molar-refractivity contribution in [1.82, 2.24) is 40.2 Å². The van der Waals surface area contributed by atoms with E-state index in [1.54, 1.807) is 33.9 Å². The summed E-state index contributed by atoms with van der Waals surface area (Å²) in [6.07, 6.45) is 13.0. The van der Waals surface area contributed by atoms with Crippen LogP contribution in [0.5, 0.6) is 0 Å². The van der Waals surface area contributed by atoms with Gasteiger partial charge in [-0.05, 0) is 39.3 Å². The van der Waals surface area contributed by atoms with E-state index >= 15 is 0 Å². The molecule has 0 saturated carbocycles. The molecule has 2 atom stereocenters. The number of dihydropyridines is 1. The zero-order valence-electron chi connectivity index (χ0n) is 19.4. The normalized spacial score (nSPS) is 20.7. The van der Waals surface area contributed by atoms with Crippen molar-refractivity contribution in [3.05, 3.63) is 54.0 Å². The van der Waals surface area contributed by atoms with E-state index < -0.39 is 0 Å². The summed E-state index contributed by atoms with van der Waals surface area (Å²) < 4.78 is 3.45. The predicted molar refractivity (Wildman–Crippen MR) is 130 cm³/mol. The van der Waals surface area contributed by atoms with E-state index in [0.29, 0.717) is 29.5 Å². The summed E-state index contributed by atoms with van der Waals surface area (Å²) >= 11 is 1.49. The molecule has 0 bridgehead atoms. The van der Waals surface area contributed by atoms with Crippen molar-refractivity contribution in [3.63, 3.8) is 0 Å². The molecule has 2 aliphatic rings. The van der Waals surface area contributed by atoms with Gasteiger partial charge in [-0.1, -0.05) is 0 Å². The molecule has 3 aromatic rings. The molecule has 2 unspecified atom stereocenters. The lowest BCUT2D eigenvalue weighted by molar-refractivity contribution is -0.121. The highest BCUT2D eigenvalue weighted by Crippen LogP contribution is 2.30. The monoisotopic (exact) mass is 480 g/mol. The minimum absolute atomic E-state index is 0.0573. The topological polar surface area (TPSA) is 109 Å². The number of nitrogens with one attached hydrogen (secondary N) is 3. The molecule has 11 heteroatoms. The zero-order chi connectivity index (χ0) is 23.8. The van der Waals surface area contributed by atoms with E-state index in [4.69, 9.17) is 0 Å². The lowest BCUT2D eigenvalue weighted by Gasteiger charge is -2.24. The average molecular weight is 481 g/mol. The maximum absolute atomic E-state index is 13.1. The Morgan fingerprint density at radius 3 is 2.79 bits per heavy atom. The molecule has 178 valence electrons. The molecular formula is C23H28N8O2S. The highest BCUT2D eigenvalue weighted by atomic mass is 32.1. The Morgan fingerprint density at radius 2 is 2.06 bits per heavy atom. The Labute approximate surface area is 201 Å². The lowest BCUT2D eigenvalue weighted by atomic mass is 10.1. The molecule has 2 aliphatic heterocycles. The minimum Gasteiger partial charge on any atom is -0.381 e. The number of hydrogen-bond acceptors (Lipinski definition) is 7. The summed E-state index contributed by atoms with van der Waals surface area (Å²) in [5, 5.41) is 17.7. The first-order valence-electron chi connectivity index (χ1n) is 11.4. The second-order valence-corrected chi connectivity index (χ2v) is 9.89. The summed E-state index contributed by atoms with van der Waals surface area (Å²) in [6.45, 7) is 5.42. The van der Waals surface area contributed by atoms with E-state index in [2.05, 4.69) is 38.0 Å². The van der Waals surface area contributed by atoms with Crippen LogP contribution in [0.25, 0.3) is 15.3 Å². The molecule has 3 aromatic heterocycles. The van der Waals surface area contributed by atoms with Crippen LogP contribution in [0.2, 0.25) is 0 Å². The molecule has 3 N–H and O–H groups in total. The number of thiazole rings is 1. The third-order valence-electron chi connectivity index (χ3n) is 6.28. The number of hydrogen-bond donors (Lipinski definition) is 3. The molecule has 2 amide bonds. The Balaban J connectivity index is 1.28. The van der Waals surface area contributed by atoms with E-state index in [1.165, 1.54) is 11.3 Å². The predicted octanol–water partition coefficient (Wildman–Crippen LogP) is 1.84. The van der Waals surface area contributed by atoms with Crippen molar-refractivity contribution >= 4 is 28.0 Å². The minimum atomic E-state index is -0.243. The molecule has 5 rings (SSSR count). The Hall–Kier alpha value is -3.44. The van der Waals surface area contributed by atoms with Gasteiger partial charge < -0.3 is 16.0 Å². The molecule has 34 heavy (non-hydrogen) atoms. The van der Waals surface area contributed by atoms with Crippen LogP contribution >= 0.6 is 11.3 Å². The van der Waals surface area contributed by atoms with E-state index in [1.807, 2.05) is 26.4 Å². The number of fused-ring (bicyclic) bond motifs is 1. The Kier molecular flexibility index (Phi) is 5.96. The number of rotatable bonds is 6. The van der Waals surface area contributed by atoms with Crippen molar-refractivity contribution in [2.45, 2.75) is 38.8 Å². The average Bonchev–Trinajstić information content (AvgIpc) is 3.56. The third-order valence-corrected chi connectivity index (χ3v) is 7.44. The highest BCUT2D eigenvalue weighted by Gasteiger charge is 2.24. The molecule has 0 aliphatic carbocycles. The first-order chi connectivity index (χ1) is 16.4. The fourth-order valence-corrected chi connectivity index (χ4v) is 5.32. The van der Waals surface area contributed by atoms with Crippen molar-refractivity contribution in [1.29, 1.82) is 0 Å². The van der Waals surface area contributed by atoms with Gasteiger partial charge in [0.1, 0.15) is 4.83 Å². The first kappa shape index (κ1) is 22.4. The maximum atomic E-state index is 13.1. The third kappa shape index (κ3) is 4.48. The van der Waals surface area contributed by atoms with Gasteiger partial charge in [-0.15, -0.1) is 11.3 Å². The summed E-state index contributed by atoms with van der Waals surface area (Å²) in [7, 11) is 1.87. The van der Waals surface area contributed by atoms with Gasteiger partial charge in [-0.2, -0.15) is 10.2 Å². The van der Waals surface area contributed by atoms with Gasteiger partial charge >= 0.3 is 0 Å². The second kappa shape index (κ2) is 9.07. The van der Waals surface area contributed by atoms with Crippen LogP contribution in [0.15, 0.2) is 48.5 Å². The van der Waals surface area contributed by atoms with Crippen LogP contribution in [0.4, 0.5) is 0 Å². The van der Waals surface area contributed by atoms with Gasteiger partial charge in [0.25, 0.3) is 5.91 Å². The SMILES string of the molecule is CC1NC=C(NC(=O)CN2CCCC2C)C=C1NC(=O)c1cnn2cc(-c3cnn(C)c3)sc12. The molecule has 0 aromatic carbocycles. The maximum Gasteiger partial charge on any atom is 0.260 e. The van der Waals surface area contributed by atoms with Crippen LogP contribution in [-0.2, 0) is 11.8 Å². The summed E-state index contributed by atoms with van der Waals surface area (Å²) in [5.74, 6) is -0.300. The number of likely N-dealkylation sites (tertiary alicyclic amines) is 1. The van der Waals surface area contributed by atoms with Crippen LogP contribution in [-0.4, -0.2) is 61.3 Å². The van der Waals surface area contributed by atoms with Crippen LogP contribution in [0.1, 0.15) is 37.0 Å². The van der Waals surface area contributed by atoms with Crippen molar-refractivity contribution in [3.8, 4) is 10.4 Å². The molecular weight excluding hydrogens is 452 g/mol. The number of amides is 2. The van der Waals surface area contributed by atoms with Crippen LogP contribution in [0, 0.1) is 0 Å². The number of carbonyl (C=O) groups is 2. The van der Waals surface area contributed by atoms with Crippen molar-refractivity contribution in [2.75, 3.05) is 13.1 Å². The number of nitrogens with zero attached hydrogens (tertiary/aromatic N) is 5. The van der Waals surface area contributed by atoms with Crippen molar-refractivity contribution < 1.29 is 9.59 Å². The summed E-state index contributed by atoms with van der Waals surface area (Å²) in [6, 6.07) is 0.321. The number of allylic oxidation sites excluding steroid dienone is 1. The smallest absolute Gasteiger partial charge is 0.260 e. The first-order valence-corrected chi connectivity index (χ1v) is 12.2. The van der Waals surface area contributed by atoms with Crippen LogP contribution in [0.3, 0.4) is 0 Å². The van der Waals surface area contributed by atoms with Gasteiger partial charge in [0.2, 0.25) is 5.91 Å². The number of aromatic nitrogens is 4. The van der Waals surface area contributed by atoms with Gasteiger partial charge in [0, 0.05) is 42.9 Å². The van der Waals surface area contributed by atoms with Crippen molar-refractivity contribution in [2.24, 2.45) is 7.05 Å². The molecule has 5 heterocycles. The number of carbonyl (C=O) groups excluding carboxylic acids is 2. The van der Waals surface area contributed by atoms with E-state index in [0.717, 1.165) is 34.7 Å². The summed E-state index contributed by atoms with van der Waals surface area (Å²) in [4.78, 5) is 29.6. The largest absolute Gasteiger partial charge is 0.381 e. The lowest BCUT2D eigenvalue weighted by Crippen LogP contribution is -2.41. The van der Waals surface area contributed by atoms with Gasteiger partial charge in [0.15, 0.2) is 0 Å². The fourth-order valence-electron chi connectivity index (χ4n) is 4.29. The zero-order valence-corrected chi connectivity index (χ0v) is 20.2. The highest BCUT2D eigenvalue weighted by molar-refractivity contribution is 7.21. The van der Waals surface area contributed by atoms with Crippen LogP contribution < -0.4 is 16.0 Å². The summed E-state index contributed by atoms with van der Waals surface area (Å²) in [5.41, 5.74) is 2.78. The molecule has 10 nitrogen and oxygen atoms in total. The molecule has 0 spiro atoms. The van der Waals surface area contributed by atoms with E-state index in [-0.39, 0.29) is 17.9 Å². The Bertz CT molecular complexity index is 1300. The second-order valence-electron chi connectivity index (χ2n) is 8.86. The van der Waals surface area contributed by atoms with Gasteiger partial charge in [-0.25, -0.2) is 4.52 Å². The number of aryl methyl sites for hydroxylation is 1. The fraction of sp³-hybridized carbons (Fsp3) is 0.391. The van der Waals surface area contributed by atoms with E-state index in [9.17, 15) is 9.59 Å². The molecule has 1 fully saturated rings. The van der Waals surface area contributed by atoms with Gasteiger partial charge in [0.05, 0.1) is 41.1 Å². The standard InChI is InChI=1S/C23H28N8O2S/c1-14-5-4-6-30(14)13-21(32)27-17-7-19(15(2)24-9-17)28-22(33)18-10-26-31-12-20(34-23(18)31)16-8-25-29(3)11-16/h7-12,14-15,24H,4-6,13H2,1-3H3,(H,27,32)(H,28,33). The Morgan fingerprint density at radius 1 is 1.21 bits per heavy atom. The van der Waals surface area contributed by atoms with Gasteiger partial charge in [-0.3, -0.25) is 19.2 Å². The molecule has 0 radical (unpaired) electrons. The quantitative estimate of drug-likeness (QED) is 0.497.